The van der Waals surface area contributed by atoms with Gasteiger partial charge in [-0.25, -0.2) is 0 Å². The minimum absolute atomic E-state index is 0.0423. The van der Waals surface area contributed by atoms with Crippen molar-refractivity contribution in [2.75, 3.05) is 6.61 Å². The van der Waals surface area contributed by atoms with Crippen molar-refractivity contribution in [3.05, 3.63) is 24.8 Å². The van der Waals surface area contributed by atoms with Crippen LogP contribution in [0.1, 0.15) is 135 Å². The van der Waals surface area contributed by atoms with Crippen molar-refractivity contribution in [2.45, 2.75) is 135 Å². The molecule has 0 fully saturated rings. The first kappa shape index (κ1) is 31.4. The van der Waals surface area contributed by atoms with E-state index >= 15 is 0 Å². The summed E-state index contributed by atoms with van der Waals surface area (Å²) in [6.07, 6.45) is 29.7. The molecule has 0 aromatic carbocycles. The number of esters is 1. The molecule has 0 aromatic heterocycles. The van der Waals surface area contributed by atoms with Crippen LogP contribution in [0.2, 0.25) is 0 Å². The zero-order valence-corrected chi connectivity index (χ0v) is 21.5. The van der Waals surface area contributed by atoms with Crippen LogP contribution in [0.15, 0.2) is 24.8 Å². The number of hydrogen-bond donors (Lipinski definition) is 1. The van der Waals surface area contributed by atoms with E-state index in [0.717, 1.165) is 19.3 Å². The normalized spacial score (nSPS) is 12.2. The maximum atomic E-state index is 11.6. The maximum absolute atomic E-state index is 11.6. The summed E-state index contributed by atoms with van der Waals surface area (Å²) < 4.78 is 4.90. The van der Waals surface area contributed by atoms with E-state index in [1.807, 2.05) is 0 Å². The molecule has 0 saturated heterocycles. The lowest BCUT2D eigenvalue weighted by molar-refractivity contribution is -0.151. The Labute approximate surface area is 204 Å². The molecule has 0 rings (SSSR count). The molecule has 33 heavy (non-hydrogen) atoms. The fourth-order valence-corrected chi connectivity index (χ4v) is 4.07. The highest BCUT2D eigenvalue weighted by Gasteiger charge is 2.21. The molecule has 0 aliphatic rings. The van der Waals surface area contributed by atoms with Gasteiger partial charge in [0.25, 0.3) is 0 Å². The number of carbonyl (C=O) groups excluding carboxylic acids is 1. The van der Waals surface area contributed by atoms with Gasteiger partial charge in [0.2, 0.25) is 0 Å². The molecule has 4 heteroatoms. The molecule has 0 bridgehead atoms. The van der Waals surface area contributed by atoms with Gasteiger partial charge in [-0.15, -0.1) is 0 Å². The van der Waals surface area contributed by atoms with Gasteiger partial charge in [-0.1, -0.05) is 122 Å². The standard InChI is InChI=1S/C29H52O4/c1-3-5-6-7-8-9-10-11-12-13-14-15-16-17-18-19-20-21-22-23-24-27(29(31)32)26-28(30)33-25-4-2/h4,8-9,27H,2-3,5-7,10-26H2,1H3,(H,31,32)/b9-8+. The zero-order chi connectivity index (χ0) is 24.4. The van der Waals surface area contributed by atoms with Crippen LogP contribution in [0.5, 0.6) is 0 Å². The smallest absolute Gasteiger partial charge is 0.307 e. The molecular formula is C29H52O4. The van der Waals surface area contributed by atoms with Crippen LogP contribution in [-0.2, 0) is 14.3 Å². The topological polar surface area (TPSA) is 63.6 Å². The second-order valence-electron chi connectivity index (χ2n) is 9.35. The van der Waals surface area contributed by atoms with Crippen LogP contribution in [0.3, 0.4) is 0 Å². The van der Waals surface area contributed by atoms with E-state index in [-0.39, 0.29) is 13.0 Å². The average molecular weight is 465 g/mol. The second kappa shape index (κ2) is 25.1. The molecule has 0 amide bonds. The van der Waals surface area contributed by atoms with Crippen molar-refractivity contribution in [2.24, 2.45) is 5.92 Å². The van der Waals surface area contributed by atoms with Crippen LogP contribution in [0.25, 0.3) is 0 Å². The Morgan fingerprint density at radius 2 is 1.21 bits per heavy atom. The molecule has 1 N–H and O–H groups in total. The maximum Gasteiger partial charge on any atom is 0.307 e. The molecule has 0 aliphatic heterocycles. The number of ether oxygens (including phenoxy) is 1. The Bertz CT molecular complexity index is 498. The van der Waals surface area contributed by atoms with Crippen molar-refractivity contribution in [3.8, 4) is 0 Å². The first-order valence-electron chi connectivity index (χ1n) is 13.8. The number of allylic oxidation sites excluding steroid dienone is 2. The van der Waals surface area contributed by atoms with Crippen molar-refractivity contribution < 1.29 is 19.4 Å². The third-order valence-electron chi connectivity index (χ3n) is 6.19. The minimum atomic E-state index is -0.903. The van der Waals surface area contributed by atoms with Crippen molar-refractivity contribution in [1.82, 2.24) is 0 Å². The first-order chi connectivity index (χ1) is 16.1. The van der Waals surface area contributed by atoms with Crippen molar-refractivity contribution in [1.29, 1.82) is 0 Å². The van der Waals surface area contributed by atoms with Gasteiger partial charge in [-0.05, 0) is 32.1 Å². The van der Waals surface area contributed by atoms with Gasteiger partial charge in [0.15, 0.2) is 0 Å². The molecular weight excluding hydrogens is 412 g/mol. The van der Waals surface area contributed by atoms with Crippen LogP contribution in [-0.4, -0.2) is 23.7 Å². The third-order valence-corrected chi connectivity index (χ3v) is 6.19. The summed E-state index contributed by atoms with van der Waals surface area (Å²) in [7, 11) is 0. The lowest BCUT2D eigenvalue weighted by Gasteiger charge is -2.11. The Kier molecular flexibility index (Phi) is 23.9. The van der Waals surface area contributed by atoms with Crippen molar-refractivity contribution in [3.63, 3.8) is 0 Å². The Hall–Kier alpha value is -1.58. The van der Waals surface area contributed by atoms with E-state index in [2.05, 4.69) is 25.7 Å². The Morgan fingerprint density at radius 3 is 1.67 bits per heavy atom. The SMILES string of the molecule is C=CCOC(=O)CC(CCCCCCCCCCCCCCC/C=C/CCCCC)C(=O)O. The molecule has 192 valence electrons. The van der Waals surface area contributed by atoms with E-state index < -0.39 is 17.9 Å². The molecule has 0 saturated carbocycles. The molecule has 0 heterocycles. The van der Waals surface area contributed by atoms with E-state index in [1.54, 1.807) is 0 Å². The molecule has 0 radical (unpaired) electrons. The predicted octanol–water partition coefficient (Wildman–Crippen LogP) is 8.79. The fraction of sp³-hybridized carbons (Fsp3) is 0.793. The largest absolute Gasteiger partial charge is 0.481 e. The van der Waals surface area contributed by atoms with Gasteiger partial charge in [0.05, 0.1) is 12.3 Å². The molecule has 1 unspecified atom stereocenters. The summed E-state index contributed by atoms with van der Waals surface area (Å²) >= 11 is 0. The van der Waals surface area contributed by atoms with E-state index in [0.29, 0.717) is 6.42 Å². The Balaban J connectivity index is 3.39. The van der Waals surface area contributed by atoms with E-state index in [4.69, 9.17) is 4.74 Å². The number of aliphatic carboxylic acids is 1. The molecule has 0 spiro atoms. The number of carboxylic acids is 1. The number of rotatable bonds is 25. The highest BCUT2D eigenvalue weighted by Crippen LogP contribution is 2.17. The van der Waals surface area contributed by atoms with Crippen LogP contribution in [0, 0.1) is 5.92 Å². The van der Waals surface area contributed by atoms with Crippen LogP contribution in [0.4, 0.5) is 0 Å². The molecule has 0 aliphatic carbocycles. The summed E-state index contributed by atoms with van der Waals surface area (Å²) in [5.74, 6) is -1.98. The number of unbranched alkanes of at least 4 members (excludes halogenated alkanes) is 16. The predicted molar refractivity (Wildman–Crippen MR) is 139 cm³/mol. The summed E-state index contributed by atoms with van der Waals surface area (Å²) in [5, 5.41) is 9.28. The lowest BCUT2D eigenvalue weighted by atomic mass is 9.97. The van der Waals surface area contributed by atoms with Gasteiger partial charge in [0.1, 0.15) is 6.61 Å². The summed E-state index contributed by atoms with van der Waals surface area (Å²) in [5.41, 5.74) is 0. The summed E-state index contributed by atoms with van der Waals surface area (Å²) in [6, 6.07) is 0. The minimum Gasteiger partial charge on any atom is -0.481 e. The summed E-state index contributed by atoms with van der Waals surface area (Å²) in [4.78, 5) is 22.9. The zero-order valence-electron chi connectivity index (χ0n) is 21.5. The van der Waals surface area contributed by atoms with Gasteiger partial charge in [-0.3, -0.25) is 9.59 Å². The number of hydrogen-bond acceptors (Lipinski definition) is 3. The molecule has 0 aromatic rings. The van der Waals surface area contributed by atoms with E-state index in [1.165, 1.54) is 102 Å². The highest BCUT2D eigenvalue weighted by molar-refractivity contribution is 5.78. The van der Waals surface area contributed by atoms with Crippen LogP contribution >= 0.6 is 0 Å². The molecule has 4 nitrogen and oxygen atoms in total. The van der Waals surface area contributed by atoms with E-state index in [9.17, 15) is 14.7 Å². The molecule has 1 atom stereocenters. The fourth-order valence-electron chi connectivity index (χ4n) is 4.07. The van der Waals surface area contributed by atoms with Gasteiger partial charge in [0, 0.05) is 0 Å². The highest BCUT2D eigenvalue weighted by atomic mass is 16.5. The van der Waals surface area contributed by atoms with Crippen LogP contribution < -0.4 is 0 Å². The quantitative estimate of drug-likeness (QED) is 0.0832. The third kappa shape index (κ3) is 23.4. The number of carboxylic acid groups (broad SMARTS) is 1. The lowest BCUT2D eigenvalue weighted by Crippen LogP contribution is -2.19. The first-order valence-corrected chi connectivity index (χ1v) is 13.8. The van der Waals surface area contributed by atoms with Gasteiger partial charge >= 0.3 is 11.9 Å². The monoisotopic (exact) mass is 464 g/mol. The Morgan fingerprint density at radius 1 is 0.758 bits per heavy atom. The van der Waals surface area contributed by atoms with Crippen molar-refractivity contribution >= 4 is 11.9 Å². The summed E-state index contributed by atoms with van der Waals surface area (Å²) in [6.45, 7) is 5.88. The second-order valence-corrected chi connectivity index (χ2v) is 9.35. The van der Waals surface area contributed by atoms with Gasteiger partial charge in [-0.2, -0.15) is 0 Å². The number of carbonyl (C=O) groups is 2. The average Bonchev–Trinajstić information content (AvgIpc) is 2.80. The van der Waals surface area contributed by atoms with Gasteiger partial charge < -0.3 is 9.84 Å².